The maximum Gasteiger partial charge on any atom is 0.416 e. The van der Waals surface area contributed by atoms with Crippen LogP contribution in [0, 0.1) is 5.41 Å². The Morgan fingerprint density at radius 3 is 2.46 bits per heavy atom. The van der Waals surface area contributed by atoms with Crippen LogP contribution in [-0.2, 0) is 11.0 Å². The number of halogens is 3. The molecule has 1 amide bonds. The van der Waals surface area contributed by atoms with Crippen molar-refractivity contribution in [2.24, 2.45) is 5.41 Å². The Morgan fingerprint density at radius 2 is 1.80 bits per heavy atom. The van der Waals surface area contributed by atoms with E-state index in [1.807, 2.05) is 25.1 Å². The van der Waals surface area contributed by atoms with Crippen LogP contribution in [0.15, 0.2) is 48.7 Å². The number of H-pyrrole nitrogens is 1. The van der Waals surface area contributed by atoms with Gasteiger partial charge in [-0.25, -0.2) is 0 Å². The van der Waals surface area contributed by atoms with Gasteiger partial charge in [0.1, 0.15) is 5.75 Å². The predicted octanol–water partition coefficient (Wildman–Crippen LogP) is 6.39. The lowest BCUT2D eigenvalue weighted by Crippen LogP contribution is -2.38. The number of benzene rings is 2. The molecule has 5 nitrogen and oxygen atoms in total. The fourth-order valence-corrected chi connectivity index (χ4v) is 5.09. The molecule has 1 heterocycles. The molecule has 8 heteroatoms. The molecule has 2 aliphatic carbocycles. The number of ether oxygens (including phenoxy) is 1. The summed E-state index contributed by atoms with van der Waals surface area (Å²) in [7, 11) is 0. The van der Waals surface area contributed by atoms with Gasteiger partial charge in [-0.3, -0.25) is 4.79 Å². The third-order valence-electron chi connectivity index (χ3n) is 7.62. The monoisotopic (exact) mass is 486 g/mol. The van der Waals surface area contributed by atoms with E-state index in [-0.39, 0.29) is 24.0 Å². The summed E-state index contributed by atoms with van der Waals surface area (Å²) in [5.41, 5.74) is 1.34. The zero-order valence-electron chi connectivity index (χ0n) is 19.5. The molecule has 35 heavy (non-hydrogen) atoms. The smallest absolute Gasteiger partial charge is 0.416 e. The van der Waals surface area contributed by atoms with Crippen LogP contribution < -0.4 is 10.1 Å². The van der Waals surface area contributed by atoms with Crippen molar-refractivity contribution in [3.63, 3.8) is 0 Å². The molecular weight excluding hydrogens is 457 g/mol. The Bertz CT molecular complexity index is 1200. The highest BCUT2D eigenvalue weighted by Gasteiger charge is 2.37. The predicted molar refractivity (Wildman–Crippen MR) is 127 cm³/mol. The van der Waals surface area contributed by atoms with Gasteiger partial charge in [0.2, 0.25) is 5.91 Å². The highest BCUT2D eigenvalue weighted by atomic mass is 19.4. The lowest BCUT2D eigenvalue weighted by Gasteiger charge is -2.36. The molecule has 3 aromatic rings. The Balaban J connectivity index is 1.21. The summed E-state index contributed by atoms with van der Waals surface area (Å²) in [6.45, 7) is 1.95. The molecule has 186 valence electrons. The molecule has 0 unspecified atom stereocenters. The van der Waals surface area contributed by atoms with Gasteiger partial charge in [0.15, 0.2) is 0 Å². The van der Waals surface area contributed by atoms with E-state index >= 15 is 0 Å². The Morgan fingerprint density at radius 1 is 1.11 bits per heavy atom. The van der Waals surface area contributed by atoms with Crippen molar-refractivity contribution in [3.05, 3.63) is 59.8 Å². The normalized spacial score (nSPS) is 26.8. The molecule has 0 saturated heterocycles. The maximum absolute atomic E-state index is 13.0. The van der Waals surface area contributed by atoms with Crippen molar-refractivity contribution in [2.45, 2.75) is 69.8 Å². The second kappa shape index (κ2) is 8.90. The number of fused-ring (bicyclic) bond motifs is 1. The van der Waals surface area contributed by atoms with Gasteiger partial charge in [-0.1, -0.05) is 19.1 Å². The Hall–Kier alpha value is -3.00. The number of hydrogen-bond donors (Lipinski definition) is 3. The van der Waals surface area contributed by atoms with Gasteiger partial charge < -0.3 is 20.1 Å². The van der Waals surface area contributed by atoms with Gasteiger partial charge in [0, 0.05) is 22.5 Å². The van der Waals surface area contributed by atoms with Crippen molar-refractivity contribution in [2.75, 3.05) is 5.32 Å². The summed E-state index contributed by atoms with van der Waals surface area (Å²) in [6, 6.07) is 11.1. The number of carbonyl (C=O) groups excluding carboxylic acids is 1. The molecule has 2 aromatic carbocycles. The first-order chi connectivity index (χ1) is 16.6. The molecule has 5 rings (SSSR count). The number of anilines is 1. The fourth-order valence-electron chi connectivity index (χ4n) is 5.09. The van der Waals surface area contributed by atoms with E-state index in [1.165, 1.54) is 0 Å². The van der Waals surface area contributed by atoms with Crippen LogP contribution in [0.1, 0.15) is 62.5 Å². The van der Waals surface area contributed by atoms with Crippen molar-refractivity contribution < 1.29 is 27.8 Å². The second-order valence-electron chi connectivity index (χ2n) is 10.2. The minimum absolute atomic E-state index is 0.00990. The average molecular weight is 487 g/mol. The molecule has 0 atom stereocenters. The summed E-state index contributed by atoms with van der Waals surface area (Å²) in [4.78, 5) is 16.2. The number of amides is 1. The summed E-state index contributed by atoms with van der Waals surface area (Å²) >= 11 is 0. The van der Waals surface area contributed by atoms with E-state index < -0.39 is 17.2 Å². The van der Waals surface area contributed by atoms with E-state index in [2.05, 4.69) is 10.3 Å². The first kappa shape index (κ1) is 23.7. The van der Waals surface area contributed by atoms with E-state index in [4.69, 9.17) is 4.74 Å². The molecule has 1 aromatic heterocycles. The second-order valence-corrected chi connectivity index (χ2v) is 10.2. The van der Waals surface area contributed by atoms with Gasteiger partial charge in [-0.2, -0.15) is 13.2 Å². The van der Waals surface area contributed by atoms with Crippen LogP contribution in [0.2, 0.25) is 0 Å². The van der Waals surface area contributed by atoms with Crippen molar-refractivity contribution in [1.29, 1.82) is 0 Å². The highest BCUT2D eigenvalue weighted by Crippen LogP contribution is 2.41. The van der Waals surface area contributed by atoms with Crippen LogP contribution in [0.3, 0.4) is 0 Å². The standard InChI is InChI=1S/C27H29F3N2O3/c1-26(10-8-19(33)9-11-26)25(34)32-24-15-31-23-7-6-20(14-22(23)24)35-21-12-17(13-21)16-2-4-18(5-3-16)27(28,29)30/h2-7,14-15,17,19,21,31,33H,8-13H2,1H3,(H,32,34)/t17-,19?,21-,26?. The highest BCUT2D eigenvalue weighted by molar-refractivity contribution is 6.03. The van der Waals surface area contributed by atoms with Gasteiger partial charge >= 0.3 is 6.18 Å². The zero-order chi connectivity index (χ0) is 24.8. The average Bonchev–Trinajstić information content (AvgIpc) is 3.19. The molecule has 2 saturated carbocycles. The summed E-state index contributed by atoms with van der Waals surface area (Å²) in [5, 5.41) is 13.7. The third kappa shape index (κ3) is 4.89. The topological polar surface area (TPSA) is 74.4 Å². The van der Waals surface area contributed by atoms with Gasteiger partial charge in [0.25, 0.3) is 0 Å². The van der Waals surface area contributed by atoms with E-state index in [9.17, 15) is 23.1 Å². The molecule has 3 N–H and O–H groups in total. The van der Waals surface area contributed by atoms with Crippen molar-refractivity contribution >= 4 is 22.5 Å². The van der Waals surface area contributed by atoms with E-state index in [1.54, 1.807) is 18.3 Å². The summed E-state index contributed by atoms with van der Waals surface area (Å²) in [6.07, 6.45) is 1.16. The Kier molecular flexibility index (Phi) is 6.03. The van der Waals surface area contributed by atoms with E-state index in [0.717, 1.165) is 41.4 Å². The number of aliphatic hydroxyl groups is 1. The molecule has 0 radical (unpaired) electrons. The van der Waals surface area contributed by atoms with Crippen LogP contribution in [0.25, 0.3) is 10.9 Å². The lowest BCUT2D eigenvalue weighted by molar-refractivity contribution is -0.137. The molecule has 2 fully saturated rings. The minimum atomic E-state index is -4.32. The number of alkyl halides is 3. The molecule has 0 aliphatic heterocycles. The first-order valence-corrected chi connectivity index (χ1v) is 12.1. The fraction of sp³-hybridized carbons (Fsp3) is 0.444. The molecular formula is C27H29F3N2O3. The maximum atomic E-state index is 13.0. The minimum Gasteiger partial charge on any atom is -0.490 e. The Labute approximate surface area is 201 Å². The van der Waals surface area contributed by atoms with Crippen molar-refractivity contribution in [3.8, 4) is 5.75 Å². The van der Waals surface area contributed by atoms with Crippen LogP contribution >= 0.6 is 0 Å². The molecule has 0 spiro atoms. The van der Waals surface area contributed by atoms with Crippen LogP contribution in [0.5, 0.6) is 5.75 Å². The number of aromatic amines is 1. The number of hydrogen-bond acceptors (Lipinski definition) is 3. The van der Waals surface area contributed by atoms with Gasteiger partial charge in [-0.15, -0.1) is 0 Å². The molecule has 0 bridgehead atoms. The van der Waals surface area contributed by atoms with E-state index in [0.29, 0.717) is 37.1 Å². The van der Waals surface area contributed by atoms with Crippen LogP contribution in [-0.4, -0.2) is 28.2 Å². The number of rotatable bonds is 5. The number of nitrogens with one attached hydrogen (secondary N) is 2. The zero-order valence-corrected chi connectivity index (χ0v) is 19.5. The lowest BCUT2D eigenvalue weighted by atomic mass is 9.74. The summed E-state index contributed by atoms with van der Waals surface area (Å²) < 4.78 is 44.5. The number of carbonyl (C=O) groups is 1. The van der Waals surface area contributed by atoms with Gasteiger partial charge in [-0.05, 0) is 80.3 Å². The third-order valence-corrected chi connectivity index (χ3v) is 7.62. The first-order valence-electron chi connectivity index (χ1n) is 12.1. The van der Waals surface area contributed by atoms with Crippen LogP contribution in [0.4, 0.5) is 18.9 Å². The SMILES string of the molecule is CC1(C(=O)Nc2c[nH]c3ccc(O[C@H]4C[C@H](c5ccc(C(F)(F)F)cc5)C4)cc23)CCC(O)CC1. The number of aliphatic hydroxyl groups excluding tert-OH is 1. The summed E-state index contributed by atoms with van der Waals surface area (Å²) in [5.74, 6) is 0.827. The van der Waals surface area contributed by atoms with Crippen molar-refractivity contribution in [1.82, 2.24) is 4.98 Å². The molecule has 2 aliphatic rings. The quantitative estimate of drug-likeness (QED) is 0.391. The van der Waals surface area contributed by atoms with Gasteiger partial charge in [0.05, 0.1) is 23.5 Å². The number of aromatic nitrogens is 1. The largest absolute Gasteiger partial charge is 0.490 e.